The van der Waals surface area contributed by atoms with E-state index >= 15 is 0 Å². The van der Waals surface area contributed by atoms with Gasteiger partial charge in [-0.25, -0.2) is 0 Å². The summed E-state index contributed by atoms with van der Waals surface area (Å²) >= 11 is 0. The minimum Gasteiger partial charge on any atom is -0.411 e. The summed E-state index contributed by atoms with van der Waals surface area (Å²) < 4.78 is 12.1. The summed E-state index contributed by atoms with van der Waals surface area (Å²) in [6, 6.07) is 0. The van der Waals surface area contributed by atoms with Crippen LogP contribution >= 0.6 is 0 Å². The molecular weight excluding hydrogens is 256 g/mol. The quantitative estimate of drug-likeness (QED) is 0.570. The van der Waals surface area contributed by atoms with E-state index in [-0.39, 0.29) is 10.6 Å². The molecule has 0 aromatic rings. The van der Waals surface area contributed by atoms with Gasteiger partial charge in [0.1, 0.15) is 6.29 Å². The third-order valence-electron chi connectivity index (χ3n) is 4.87. The molecule has 0 aromatic heterocycles. The summed E-state index contributed by atoms with van der Waals surface area (Å²) in [6.07, 6.45) is 3.50. The molecule has 1 fully saturated rings. The summed E-state index contributed by atoms with van der Waals surface area (Å²) in [6.45, 7) is 14.9. The van der Waals surface area contributed by atoms with Crippen LogP contribution in [0.15, 0.2) is 0 Å². The first-order chi connectivity index (χ1) is 8.62. The van der Waals surface area contributed by atoms with Gasteiger partial charge in [-0.15, -0.1) is 0 Å². The fourth-order valence-corrected chi connectivity index (χ4v) is 4.22. The van der Waals surface area contributed by atoms with Crippen molar-refractivity contribution in [2.75, 3.05) is 13.2 Å². The van der Waals surface area contributed by atoms with Crippen LogP contribution in [0.4, 0.5) is 0 Å². The van der Waals surface area contributed by atoms with E-state index in [1.54, 1.807) is 0 Å². The molecule has 112 valence electrons. The molecule has 0 aliphatic carbocycles. The number of hydrogen-bond donors (Lipinski definition) is 0. The van der Waals surface area contributed by atoms with Crippen molar-refractivity contribution in [1.82, 2.24) is 0 Å². The fourth-order valence-electron chi connectivity index (χ4n) is 2.50. The number of hydrogen-bond acceptors (Lipinski definition) is 3. The van der Waals surface area contributed by atoms with Gasteiger partial charge in [-0.2, -0.15) is 0 Å². The Labute approximate surface area is 119 Å². The van der Waals surface area contributed by atoms with Gasteiger partial charge in [0.2, 0.25) is 0 Å². The Kier molecular flexibility index (Phi) is 5.38. The molecular formula is C15H30O3Si. The summed E-state index contributed by atoms with van der Waals surface area (Å²) in [5, 5.41) is 0.169. The van der Waals surface area contributed by atoms with Crippen molar-refractivity contribution in [2.24, 2.45) is 5.92 Å². The van der Waals surface area contributed by atoms with Crippen LogP contribution in [0, 0.1) is 5.92 Å². The maximum Gasteiger partial charge on any atom is 0.192 e. The van der Waals surface area contributed by atoms with Gasteiger partial charge in [0.25, 0.3) is 0 Å². The van der Waals surface area contributed by atoms with Gasteiger partial charge in [-0.1, -0.05) is 20.8 Å². The van der Waals surface area contributed by atoms with Crippen molar-refractivity contribution in [3.05, 3.63) is 0 Å². The minimum absolute atomic E-state index is 0.169. The first-order valence-electron chi connectivity index (χ1n) is 7.34. The van der Waals surface area contributed by atoms with Crippen molar-refractivity contribution in [3.63, 3.8) is 0 Å². The summed E-state index contributed by atoms with van der Waals surface area (Å²) in [5.41, 5.74) is -0.325. The van der Waals surface area contributed by atoms with Crippen LogP contribution in [0.5, 0.6) is 0 Å². The molecule has 0 unspecified atom stereocenters. The molecule has 0 N–H and O–H groups in total. The van der Waals surface area contributed by atoms with E-state index in [0.717, 1.165) is 32.3 Å². The Morgan fingerprint density at radius 2 is 1.74 bits per heavy atom. The highest BCUT2D eigenvalue weighted by atomic mass is 28.4. The summed E-state index contributed by atoms with van der Waals surface area (Å²) in [7, 11) is -1.86. The smallest absolute Gasteiger partial charge is 0.192 e. The maximum absolute atomic E-state index is 11.1. The first kappa shape index (κ1) is 16.9. The summed E-state index contributed by atoms with van der Waals surface area (Å²) in [5.74, 6) is 0.431. The van der Waals surface area contributed by atoms with Gasteiger partial charge >= 0.3 is 0 Å². The highest BCUT2D eigenvalue weighted by molar-refractivity contribution is 6.74. The minimum atomic E-state index is -1.86. The second-order valence-electron chi connectivity index (χ2n) is 7.43. The van der Waals surface area contributed by atoms with Crippen LogP contribution in [0.2, 0.25) is 18.1 Å². The van der Waals surface area contributed by atoms with Gasteiger partial charge < -0.3 is 14.0 Å². The van der Waals surface area contributed by atoms with Crippen molar-refractivity contribution >= 4 is 14.6 Å². The Bertz CT molecular complexity index is 303. The van der Waals surface area contributed by atoms with Crippen molar-refractivity contribution in [2.45, 2.75) is 70.7 Å². The lowest BCUT2D eigenvalue weighted by Gasteiger charge is -2.48. The van der Waals surface area contributed by atoms with Crippen molar-refractivity contribution in [3.8, 4) is 0 Å². The van der Waals surface area contributed by atoms with Crippen LogP contribution < -0.4 is 0 Å². The van der Waals surface area contributed by atoms with Crippen molar-refractivity contribution < 1.29 is 14.0 Å². The fraction of sp³-hybridized carbons (Fsp3) is 0.933. The lowest BCUT2D eigenvalue weighted by atomic mass is 9.81. The number of carbonyl (C=O) groups is 1. The Morgan fingerprint density at radius 3 is 2.16 bits per heavy atom. The van der Waals surface area contributed by atoms with Gasteiger partial charge in [0.15, 0.2) is 8.32 Å². The zero-order valence-corrected chi connectivity index (χ0v) is 14.4. The van der Waals surface area contributed by atoms with Crippen LogP contribution in [0.1, 0.15) is 47.0 Å². The highest BCUT2D eigenvalue weighted by Crippen LogP contribution is 2.43. The van der Waals surface area contributed by atoms with E-state index in [4.69, 9.17) is 9.16 Å². The number of carbonyl (C=O) groups excluding carboxylic acids is 1. The molecule has 0 spiro atoms. The molecule has 0 saturated carbocycles. The Morgan fingerprint density at radius 1 is 1.21 bits per heavy atom. The maximum atomic E-state index is 11.1. The van der Waals surface area contributed by atoms with Gasteiger partial charge in [0.05, 0.1) is 5.60 Å². The molecule has 1 aliphatic heterocycles. The third-order valence-corrected chi connectivity index (χ3v) is 9.46. The molecule has 1 aliphatic rings. The number of rotatable bonds is 5. The SMILES string of the molecule is CC(C)(C)[Si](C)(C)O[C@@](C)(CC=O)C1CCOCC1. The average Bonchev–Trinajstić information content (AvgIpc) is 2.28. The molecule has 1 saturated heterocycles. The van der Waals surface area contributed by atoms with Crippen LogP contribution in [-0.2, 0) is 14.0 Å². The molecule has 0 radical (unpaired) electrons. The van der Waals surface area contributed by atoms with E-state index in [1.807, 2.05) is 0 Å². The first-order valence-corrected chi connectivity index (χ1v) is 10.2. The summed E-state index contributed by atoms with van der Waals surface area (Å²) in [4.78, 5) is 11.1. The molecule has 0 aromatic carbocycles. The number of ether oxygens (including phenoxy) is 1. The largest absolute Gasteiger partial charge is 0.411 e. The zero-order valence-electron chi connectivity index (χ0n) is 13.4. The topological polar surface area (TPSA) is 35.5 Å². The molecule has 4 heteroatoms. The average molecular weight is 286 g/mol. The standard InChI is InChI=1S/C15H30O3Si/c1-14(2,3)19(5,6)18-15(4,9-10-16)13-7-11-17-12-8-13/h10,13H,7-9,11-12H2,1-6H3/t15-/m0/s1. The number of aldehydes is 1. The third kappa shape index (κ3) is 4.13. The molecule has 0 bridgehead atoms. The Balaban J connectivity index is 2.89. The van der Waals surface area contributed by atoms with Crippen LogP contribution in [0.3, 0.4) is 0 Å². The lowest BCUT2D eigenvalue weighted by Crippen LogP contribution is -2.52. The second-order valence-corrected chi connectivity index (χ2v) is 12.2. The Hall–Kier alpha value is -0.193. The second kappa shape index (κ2) is 6.06. The predicted molar refractivity (Wildman–Crippen MR) is 80.9 cm³/mol. The molecule has 1 atom stereocenters. The molecule has 3 nitrogen and oxygen atoms in total. The highest BCUT2D eigenvalue weighted by Gasteiger charge is 2.46. The molecule has 0 amide bonds. The van der Waals surface area contributed by atoms with Gasteiger partial charge in [0, 0.05) is 19.6 Å². The van der Waals surface area contributed by atoms with Crippen molar-refractivity contribution in [1.29, 1.82) is 0 Å². The molecule has 1 rings (SSSR count). The van der Waals surface area contributed by atoms with E-state index in [2.05, 4.69) is 40.8 Å². The van der Waals surface area contributed by atoms with E-state index in [9.17, 15) is 4.79 Å². The zero-order chi connectivity index (χ0) is 14.7. The predicted octanol–water partition coefficient (Wildman–Crippen LogP) is 3.78. The van der Waals surface area contributed by atoms with Crippen LogP contribution in [0.25, 0.3) is 0 Å². The van der Waals surface area contributed by atoms with E-state index in [0.29, 0.717) is 12.3 Å². The molecule has 19 heavy (non-hydrogen) atoms. The molecule has 1 heterocycles. The van der Waals surface area contributed by atoms with Gasteiger partial charge in [-0.3, -0.25) is 0 Å². The van der Waals surface area contributed by atoms with E-state index in [1.165, 1.54) is 0 Å². The normalized spacial score (nSPS) is 22.0. The van der Waals surface area contributed by atoms with Gasteiger partial charge in [-0.05, 0) is 43.8 Å². The van der Waals surface area contributed by atoms with E-state index < -0.39 is 8.32 Å². The lowest BCUT2D eigenvalue weighted by molar-refractivity contribution is -0.115. The van der Waals surface area contributed by atoms with Crippen LogP contribution in [-0.4, -0.2) is 33.4 Å². The monoisotopic (exact) mass is 286 g/mol.